The van der Waals surface area contributed by atoms with Gasteiger partial charge < -0.3 is 15.8 Å². The van der Waals surface area contributed by atoms with Crippen LogP contribution in [0.3, 0.4) is 0 Å². The third kappa shape index (κ3) is 3.77. The highest BCUT2D eigenvalue weighted by atomic mass is 19.4. The molecular formula is C14H11F3N4O3. The standard InChI is InChI=1S/C14H11F3N4O3/c1-24-13(23)7-5-11(18)19-6-9(7)21-12(22)8-3-2-4-10(20-8)14(15,16)17/h2-6H,1H3,(H2,18,19)(H,21,22). The van der Waals surface area contributed by atoms with Gasteiger partial charge in [-0.05, 0) is 18.2 Å². The fraction of sp³-hybridized carbons (Fsp3) is 0.143. The predicted octanol–water partition coefficient (Wildman–Crippen LogP) is 2.12. The minimum Gasteiger partial charge on any atom is -0.465 e. The van der Waals surface area contributed by atoms with Gasteiger partial charge in [-0.15, -0.1) is 0 Å². The van der Waals surface area contributed by atoms with Crippen molar-refractivity contribution >= 4 is 23.4 Å². The molecule has 1 amide bonds. The maximum absolute atomic E-state index is 12.6. The van der Waals surface area contributed by atoms with Crippen LogP contribution in [0.1, 0.15) is 26.5 Å². The number of halogens is 3. The van der Waals surface area contributed by atoms with E-state index in [1.807, 2.05) is 0 Å². The van der Waals surface area contributed by atoms with Crippen LogP contribution in [0.25, 0.3) is 0 Å². The van der Waals surface area contributed by atoms with Crippen molar-refractivity contribution in [3.8, 4) is 0 Å². The molecule has 2 aromatic heterocycles. The Kier molecular flexibility index (Phi) is 4.67. The highest BCUT2D eigenvalue weighted by molar-refractivity contribution is 6.07. The van der Waals surface area contributed by atoms with Gasteiger partial charge in [-0.2, -0.15) is 13.2 Å². The molecule has 126 valence electrons. The Morgan fingerprint density at radius 1 is 1.29 bits per heavy atom. The summed E-state index contributed by atoms with van der Waals surface area (Å²) in [7, 11) is 1.12. The van der Waals surface area contributed by atoms with Crippen molar-refractivity contribution < 1.29 is 27.5 Å². The van der Waals surface area contributed by atoms with E-state index in [0.29, 0.717) is 0 Å². The molecule has 0 aliphatic carbocycles. The molecule has 0 saturated heterocycles. The van der Waals surface area contributed by atoms with Crippen LogP contribution in [-0.4, -0.2) is 29.0 Å². The van der Waals surface area contributed by atoms with Crippen LogP contribution in [0.4, 0.5) is 24.7 Å². The molecule has 0 bridgehead atoms. The first-order chi connectivity index (χ1) is 11.2. The number of esters is 1. The van der Waals surface area contributed by atoms with E-state index >= 15 is 0 Å². The minimum atomic E-state index is -4.68. The second-order valence-electron chi connectivity index (χ2n) is 4.51. The number of nitrogens with two attached hydrogens (primary N) is 1. The van der Waals surface area contributed by atoms with Crippen LogP contribution in [-0.2, 0) is 10.9 Å². The maximum atomic E-state index is 12.6. The van der Waals surface area contributed by atoms with E-state index in [-0.39, 0.29) is 17.1 Å². The van der Waals surface area contributed by atoms with Gasteiger partial charge in [-0.3, -0.25) is 4.79 Å². The molecule has 10 heteroatoms. The molecule has 0 fully saturated rings. The van der Waals surface area contributed by atoms with Gasteiger partial charge in [-0.1, -0.05) is 6.07 Å². The number of carbonyl (C=O) groups is 2. The van der Waals surface area contributed by atoms with Crippen molar-refractivity contribution in [3.05, 3.63) is 47.4 Å². The first kappa shape index (κ1) is 17.2. The topological polar surface area (TPSA) is 107 Å². The third-order valence-corrected chi connectivity index (χ3v) is 2.85. The smallest absolute Gasteiger partial charge is 0.433 e. The molecule has 0 atom stereocenters. The summed E-state index contributed by atoms with van der Waals surface area (Å²) in [4.78, 5) is 30.7. The number of hydrogen-bond donors (Lipinski definition) is 2. The van der Waals surface area contributed by atoms with Gasteiger partial charge in [0.25, 0.3) is 5.91 Å². The molecule has 2 rings (SSSR count). The van der Waals surface area contributed by atoms with E-state index in [9.17, 15) is 22.8 Å². The van der Waals surface area contributed by atoms with Gasteiger partial charge in [0.05, 0.1) is 24.6 Å². The highest BCUT2D eigenvalue weighted by Gasteiger charge is 2.33. The summed E-state index contributed by atoms with van der Waals surface area (Å²) in [5, 5.41) is 2.26. The van der Waals surface area contributed by atoms with Crippen molar-refractivity contribution in [2.45, 2.75) is 6.18 Å². The molecule has 0 aliphatic heterocycles. The average Bonchev–Trinajstić information content (AvgIpc) is 2.55. The lowest BCUT2D eigenvalue weighted by Crippen LogP contribution is -2.19. The largest absolute Gasteiger partial charge is 0.465 e. The normalized spacial score (nSPS) is 11.0. The molecule has 0 aromatic carbocycles. The zero-order valence-electron chi connectivity index (χ0n) is 12.2. The summed E-state index contributed by atoms with van der Waals surface area (Å²) >= 11 is 0. The van der Waals surface area contributed by atoms with E-state index < -0.39 is 29.4 Å². The number of nitrogens with one attached hydrogen (secondary N) is 1. The molecule has 3 N–H and O–H groups in total. The van der Waals surface area contributed by atoms with Gasteiger partial charge in [0.1, 0.15) is 17.2 Å². The molecule has 0 saturated carbocycles. The Labute approximate surface area is 133 Å². The molecule has 2 aromatic rings. The third-order valence-electron chi connectivity index (χ3n) is 2.85. The van der Waals surface area contributed by atoms with E-state index in [1.54, 1.807) is 0 Å². The molecule has 7 nitrogen and oxygen atoms in total. The Bertz CT molecular complexity index is 793. The quantitative estimate of drug-likeness (QED) is 0.829. The summed E-state index contributed by atoms with van der Waals surface area (Å²) in [6, 6.07) is 4.06. The number of nitrogen functional groups attached to an aromatic ring is 1. The number of aromatic nitrogens is 2. The second kappa shape index (κ2) is 6.52. The van der Waals surface area contributed by atoms with Crippen LogP contribution >= 0.6 is 0 Å². The average molecular weight is 340 g/mol. The van der Waals surface area contributed by atoms with Gasteiger partial charge in [0.15, 0.2) is 0 Å². The highest BCUT2D eigenvalue weighted by Crippen LogP contribution is 2.27. The van der Waals surface area contributed by atoms with Gasteiger partial charge in [-0.25, -0.2) is 14.8 Å². The molecule has 0 spiro atoms. The fourth-order valence-electron chi connectivity index (χ4n) is 1.76. The number of ether oxygens (including phenoxy) is 1. The van der Waals surface area contributed by atoms with Gasteiger partial charge in [0.2, 0.25) is 0 Å². The Hall–Kier alpha value is -3.17. The molecule has 0 unspecified atom stereocenters. The number of amides is 1. The molecule has 24 heavy (non-hydrogen) atoms. The lowest BCUT2D eigenvalue weighted by atomic mass is 10.2. The van der Waals surface area contributed by atoms with Gasteiger partial charge >= 0.3 is 12.1 Å². The maximum Gasteiger partial charge on any atom is 0.433 e. The number of alkyl halides is 3. The van der Waals surface area contributed by atoms with Crippen molar-refractivity contribution in [1.29, 1.82) is 0 Å². The lowest BCUT2D eigenvalue weighted by Gasteiger charge is -2.11. The van der Waals surface area contributed by atoms with Crippen LogP contribution in [0.2, 0.25) is 0 Å². The molecule has 0 radical (unpaired) electrons. The van der Waals surface area contributed by atoms with Crippen molar-refractivity contribution in [1.82, 2.24) is 9.97 Å². The van der Waals surface area contributed by atoms with Crippen LogP contribution in [0.15, 0.2) is 30.5 Å². The predicted molar refractivity (Wildman–Crippen MR) is 77.2 cm³/mol. The molecule has 2 heterocycles. The monoisotopic (exact) mass is 340 g/mol. The van der Waals surface area contributed by atoms with Crippen LogP contribution < -0.4 is 11.1 Å². The second-order valence-corrected chi connectivity index (χ2v) is 4.51. The van der Waals surface area contributed by atoms with Gasteiger partial charge in [0, 0.05) is 0 Å². The SMILES string of the molecule is COC(=O)c1cc(N)ncc1NC(=O)c1cccc(C(F)(F)F)n1. The van der Waals surface area contributed by atoms with E-state index in [0.717, 1.165) is 31.5 Å². The number of rotatable bonds is 3. The Balaban J connectivity index is 2.32. The molecule has 0 aliphatic rings. The zero-order chi connectivity index (χ0) is 17.9. The van der Waals surface area contributed by atoms with Crippen LogP contribution in [0, 0.1) is 0 Å². The number of methoxy groups -OCH3 is 1. The number of hydrogen-bond acceptors (Lipinski definition) is 6. The number of pyridine rings is 2. The Morgan fingerprint density at radius 2 is 2.00 bits per heavy atom. The number of anilines is 2. The fourth-order valence-corrected chi connectivity index (χ4v) is 1.76. The van der Waals surface area contributed by atoms with E-state index in [1.165, 1.54) is 6.07 Å². The summed E-state index contributed by atoms with van der Waals surface area (Å²) in [6.07, 6.45) is -3.59. The first-order valence-electron chi connectivity index (χ1n) is 6.42. The summed E-state index contributed by atoms with van der Waals surface area (Å²) in [5.41, 5.74) is 3.62. The lowest BCUT2D eigenvalue weighted by molar-refractivity contribution is -0.141. The first-order valence-corrected chi connectivity index (χ1v) is 6.42. The van der Waals surface area contributed by atoms with E-state index in [4.69, 9.17) is 5.73 Å². The zero-order valence-corrected chi connectivity index (χ0v) is 12.2. The Morgan fingerprint density at radius 3 is 2.62 bits per heavy atom. The molecular weight excluding hydrogens is 329 g/mol. The summed E-state index contributed by atoms with van der Waals surface area (Å²) in [5.74, 6) is -1.74. The number of carbonyl (C=O) groups excluding carboxylic acids is 2. The minimum absolute atomic E-state index is 0.00518. The summed E-state index contributed by atoms with van der Waals surface area (Å²) in [6.45, 7) is 0. The number of nitrogens with zero attached hydrogens (tertiary/aromatic N) is 2. The van der Waals surface area contributed by atoms with Crippen molar-refractivity contribution in [2.24, 2.45) is 0 Å². The van der Waals surface area contributed by atoms with Crippen molar-refractivity contribution in [2.75, 3.05) is 18.2 Å². The summed E-state index contributed by atoms with van der Waals surface area (Å²) < 4.78 is 42.5. The van der Waals surface area contributed by atoms with Crippen LogP contribution in [0.5, 0.6) is 0 Å². The van der Waals surface area contributed by atoms with E-state index in [2.05, 4.69) is 20.0 Å². The van der Waals surface area contributed by atoms with Crippen molar-refractivity contribution in [3.63, 3.8) is 0 Å².